The maximum Gasteiger partial charge on any atom is 0.180 e. The normalized spacial score (nSPS) is 13.1. The van der Waals surface area contributed by atoms with Gasteiger partial charge in [-0.2, -0.15) is 0 Å². The lowest BCUT2D eigenvalue weighted by molar-refractivity contribution is 0.305. The Morgan fingerprint density at radius 3 is 2.00 bits per heavy atom. The SMILES string of the molecule is CCCCCCOc1ccc([S+]2c3ccccc3Sc3ccccc32)cc1. The standard InChI is InChI=1S/C24H25OS2/c1-2-3-4-9-18-25-19-14-16-20(17-15-19)27-23-12-7-5-10-21(23)26-22-11-6-8-13-24(22)27/h5-8,10-17H,2-4,9,18H2,1H3/q+1. The largest absolute Gasteiger partial charge is 0.494 e. The van der Waals surface area contributed by atoms with Crippen LogP contribution in [0.2, 0.25) is 0 Å². The number of benzene rings is 3. The molecule has 0 bridgehead atoms. The smallest absolute Gasteiger partial charge is 0.180 e. The van der Waals surface area contributed by atoms with Crippen molar-refractivity contribution in [3.63, 3.8) is 0 Å². The van der Waals surface area contributed by atoms with Crippen molar-refractivity contribution in [2.75, 3.05) is 6.61 Å². The summed E-state index contributed by atoms with van der Waals surface area (Å²) in [6, 6.07) is 26.4. The van der Waals surface area contributed by atoms with Crippen molar-refractivity contribution in [3.05, 3.63) is 72.8 Å². The van der Waals surface area contributed by atoms with Crippen LogP contribution in [-0.4, -0.2) is 6.61 Å². The Balaban J connectivity index is 1.56. The van der Waals surface area contributed by atoms with E-state index in [2.05, 4.69) is 79.7 Å². The highest BCUT2D eigenvalue weighted by Gasteiger charge is 2.37. The number of hydrogen-bond acceptors (Lipinski definition) is 2. The third-order valence-electron chi connectivity index (χ3n) is 4.68. The van der Waals surface area contributed by atoms with Crippen LogP contribution in [0.4, 0.5) is 0 Å². The van der Waals surface area contributed by atoms with Crippen LogP contribution in [0, 0.1) is 0 Å². The average Bonchev–Trinajstić information content (AvgIpc) is 2.72. The molecule has 0 saturated carbocycles. The highest BCUT2D eigenvalue weighted by molar-refractivity contribution is 8.04. The predicted octanol–water partition coefficient (Wildman–Crippen LogP) is 7.21. The minimum absolute atomic E-state index is 0.0526. The van der Waals surface area contributed by atoms with Crippen LogP contribution < -0.4 is 4.74 Å². The molecule has 0 saturated heterocycles. The quantitative estimate of drug-likeness (QED) is 0.242. The van der Waals surface area contributed by atoms with Crippen LogP contribution in [0.5, 0.6) is 5.75 Å². The number of fused-ring (bicyclic) bond motifs is 2. The Bertz CT molecular complexity index is 843. The van der Waals surface area contributed by atoms with Gasteiger partial charge in [0.2, 0.25) is 0 Å². The third-order valence-corrected chi connectivity index (χ3v) is 8.43. The van der Waals surface area contributed by atoms with Gasteiger partial charge in [-0.3, -0.25) is 0 Å². The fraction of sp³-hybridized carbons (Fsp3) is 0.250. The molecule has 0 amide bonds. The molecule has 1 heterocycles. The fourth-order valence-electron chi connectivity index (χ4n) is 3.29. The topological polar surface area (TPSA) is 9.23 Å². The third kappa shape index (κ3) is 4.20. The Hall–Kier alpha value is -1.84. The predicted molar refractivity (Wildman–Crippen MR) is 115 cm³/mol. The maximum atomic E-state index is 5.93. The van der Waals surface area contributed by atoms with Crippen LogP contribution in [0.25, 0.3) is 0 Å². The summed E-state index contributed by atoms with van der Waals surface area (Å²) < 4.78 is 5.93. The molecule has 0 spiro atoms. The van der Waals surface area contributed by atoms with Gasteiger partial charge in [0, 0.05) is 0 Å². The van der Waals surface area contributed by atoms with E-state index in [-0.39, 0.29) is 10.9 Å². The summed E-state index contributed by atoms with van der Waals surface area (Å²) in [5, 5.41) is 0. The summed E-state index contributed by atoms with van der Waals surface area (Å²) in [6.07, 6.45) is 4.95. The van der Waals surface area contributed by atoms with Gasteiger partial charge in [0.15, 0.2) is 14.7 Å². The molecule has 0 aliphatic carbocycles. The molecule has 3 heteroatoms. The van der Waals surface area contributed by atoms with Crippen LogP contribution in [0.15, 0.2) is 97.3 Å². The monoisotopic (exact) mass is 393 g/mol. The van der Waals surface area contributed by atoms with Gasteiger partial charge in [-0.05, 0) is 55.0 Å². The molecule has 3 aromatic rings. The Kier molecular flexibility index (Phi) is 6.10. The van der Waals surface area contributed by atoms with E-state index in [4.69, 9.17) is 4.74 Å². The van der Waals surface area contributed by atoms with E-state index < -0.39 is 0 Å². The zero-order valence-corrected chi connectivity index (χ0v) is 17.3. The van der Waals surface area contributed by atoms with Crippen molar-refractivity contribution in [2.24, 2.45) is 0 Å². The molecular formula is C24H25OS2+. The summed E-state index contributed by atoms with van der Waals surface area (Å²) >= 11 is 1.88. The van der Waals surface area contributed by atoms with Gasteiger partial charge in [0.25, 0.3) is 0 Å². The van der Waals surface area contributed by atoms with Gasteiger partial charge in [-0.25, -0.2) is 0 Å². The lowest BCUT2D eigenvalue weighted by Gasteiger charge is -2.18. The average molecular weight is 394 g/mol. The first-order valence-corrected chi connectivity index (χ1v) is 11.7. The van der Waals surface area contributed by atoms with Crippen molar-refractivity contribution in [1.29, 1.82) is 0 Å². The van der Waals surface area contributed by atoms with E-state index in [1.165, 1.54) is 43.7 Å². The van der Waals surface area contributed by atoms with Gasteiger partial charge in [-0.15, -0.1) is 0 Å². The van der Waals surface area contributed by atoms with E-state index >= 15 is 0 Å². The summed E-state index contributed by atoms with van der Waals surface area (Å²) in [5.41, 5.74) is 0. The van der Waals surface area contributed by atoms with E-state index in [1.807, 2.05) is 11.8 Å². The number of ether oxygens (including phenoxy) is 1. The molecule has 4 rings (SSSR count). The minimum Gasteiger partial charge on any atom is -0.494 e. The second-order valence-electron chi connectivity index (χ2n) is 6.68. The lowest BCUT2D eigenvalue weighted by Crippen LogP contribution is -2.10. The molecular weight excluding hydrogens is 368 g/mol. The van der Waals surface area contributed by atoms with E-state index in [1.54, 1.807) is 0 Å². The first kappa shape index (κ1) is 18.5. The molecule has 0 aromatic heterocycles. The second-order valence-corrected chi connectivity index (χ2v) is 9.73. The highest BCUT2D eigenvalue weighted by Crippen LogP contribution is 2.48. The number of unbranched alkanes of at least 4 members (excludes halogenated alkanes) is 3. The first-order chi connectivity index (χ1) is 13.4. The summed E-state index contributed by atoms with van der Waals surface area (Å²) in [4.78, 5) is 6.95. The highest BCUT2D eigenvalue weighted by atomic mass is 32.2. The van der Waals surface area contributed by atoms with Crippen molar-refractivity contribution in [1.82, 2.24) is 0 Å². The van der Waals surface area contributed by atoms with Crippen LogP contribution in [0.3, 0.4) is 0 Å². The fourth-order valence-corrected chi connectivity index (χ4v) is 7.03. The maximum absolute atomic E-state index is 5.93. The van der Waals surface area contributed by atoms with Crippen molar-refractivity contribution in [2.45, 2.75) is 57.1 Å². The first-order valence-electron chi connectivity index (χ1n) is 9.70. The van der Waals surface area contributed by atoms with Gasteiger partial charge in [0.1, 0.15) is 16.6 Å². The van der Waals surface area contributed by atoms with Gasteiger partial charge < -0.3 is 4.74 Å². The summed E-state index contributed by atoms with van der Waals surface area (Å²) in [7, 11) is -0.0526. The van der Waals surface area contributed by atoms with Gasteiger partial charge >= 0.3 is 0 Å². The van der Waals surface area contributed by atoms with Crippen molar-refractivity contribution >= 4 is 22.7 Å². The van der Waals surface area contributed by atoms with Gasteiger partial charge in [0.05, 0.1) is 16.4 Å². The van der Waals surface area contributed by atoms with E-state index in [9.17, 15) is 0 Å². The summed E-state index contributed by atoms with van der Waals surface area (Å²) in [5.74, 6) is 0.979. The van der Waals surface area contributed by atoms with Crippen molar-refractivity contribution < 1.29 is 4.74 Å². The zero-order chi connectivity index (χ0) is 18.5. The molecule has 0 unspecified atom stereocenters. The molecule has 1 nitrogen and oxygen atoms in total. The Morgan fingerprint density at radius 1 is 0.741 bits per heavy atom. The molecule has 0 radical (unpaired) electrons. The molecule has 0 fully saturated rings. The van der Waals surface area contributed by atoms with Crippen molar-refractivity contribution in [3.8, 4) is 5.75 Å². The Morgan fingerprint density at radius 2 is 1.37 bits per heavy atom. The van der Waals surface area contributed by atoms with Crippen LogP contribution in [0.1, 0.15) is 32.6 Å². The number of rotatable bonds is 7. The molecule has 3 aromatic carbocycles. The van der Waals surface area contributed by atoms with E-state index in [0.717, 1.165) is 18.8 Å². The van der Waals surface area contributed by atoms with Crippen LogP contribution >= 0.6 is 11.8 Å². The Labute approximate surface area is 169 Å². The second kappa shape index (κ2) is 8.90. The molecule has 0 N–H and O–H groups in total. The van der Waals surface area contributed by atoms with E-state index in [0.29, 0.717) is 0 Å². The van der Waals surface area contributed by atoms with Gasteiger partial charge in [-0.1, -0.05) is 62.2 Å². The summed E-state index contributed by atoms with van der Waals surface area (Å²) in [6.45, 7) is 3.05. The minimum atomic E-state index is -0.0526. The molecule has 0 atom stereocenters. The number of hydrogen-bond donors (Lipinski definition) is 0. The molecule has 27 heavy (non-hydrogen) atoms. The lowest BCUT2D eigenvalue weighted by atomic mass is 10.2. The molecule has 1 aliphatic rings. The van der Waals surface area contributed by atoms with Crippen LogP contribution in [-0.2, 0) is 10.9 Å². The molecule has 1 aliphatic heterocycles. The molecule has 138 valence electrons. The zero-order valence-electron chi connectivity index (χ0n) is 15.7.